The van der Waals surface area contributed by atoms with E-state index in [9.17, 15) is 4.79 Å². The van der Waals surface area contributed by atoms with E-state index in [1.165, 1.54) is 0 Å². The van der Waals surface area contributed by atoms with Gasteiger partial charge in [-0.15, -0.1) is 0 Å². The van der Waals surface area contributed by atoms with Crippen LogP contribution in [0.3, 0.4) is 0 Å². The fourth-order valence-electron chi connectivity index (χ4n) is 4.72. The Morgan fingerprint density at radius 1 is 1.10 bits per heavy atom. The third-order valence-corrected chi connectivity index (χ3v) is 6.70. The van der Waals surface area contributed by atoms with E-state index in [1.807, 2.05) is 20.1 Å². The van der Waals surface area contributed by atoms with Crippen LogP contribution in [0.1, 0.15) is 50.1 Å². The van der Waals surface area contributed by atoms with Crippen molar-refractivity contribution in [3.8, 4) is 0 Å². The van der Waals surface area contributed by atoms with Crippen LogP contribution in [0.15, 0.2) is 5.16 Å². The molecule has 0 spiro atoms. The molecule has 0 N–H and O–H groups in total. The summed E-state index contributed by atoms with van der Waals surface area (Å²) in [4.78, 5) is 26.4. The Labute approximate surface area is 179 Å². The summed E-state index contributed by atoms with van der Waals surface area (Å²) in [5.74, 6) is 0.957. The minimum Gasteiger partial charge on any atom is -0.373 e. The Morgan fingerprint density at radius 2 is 1.69 bits per heavy atom. The lowest BCUT2D eigenvalue weighted by Crippen LogP contribution is -2.48. The molecule has 0 radical (unpaired) electrons. The zero-order chi connectivity index (χ0) is 21.0. The first-order valence-corrected chi connectivity index (χ1v) is 12.1. The molecule has 3 heterocycles. The number of rotatable bonds is 6. The molecule has 162 valence electrons. The second kappa shape index (κ2) is 10.2. The molecule has 2 saturated heterocycles. The third-order valence-electron chi connectivity index (χ3n) is 6.15. The van der Waals surface area contributed by atoms with Crippen molar-refractivity contribution in [1.29, 1.82) is 0 Å². The summed E-state index contributed by atoms with van der Waals surface area (Å²) in [5.41, 5.74) is 3.13. The zero-order valence-corrected chi connectivity index (χ0v) is 19.4. The SMILES string of the molecule is CSc1nc(C)c(CCC(=O)N2CCC(CN3CC(C)OC(C)C3)CC2)c(C)n1. The van der Waals surface area contributed by atoms with Gasteiger partial charge >= 0.3 is 0 Å². The first kappa shape index (κ1) is 22.5. The van der Waals surface area contributed by atoms with E-state index in [4.69, 9.17) is 4.74 Å². The number of morpholine rings is 1. The van der Waals surface area contributed by atoms with Crippen molar-refractivity contribution in [2.45, 2.75) is 70.7 Å². The summed E-state index contributed by atoms with van der Waals surface area (Å²) in [6.07, 6.45) is 6.12. The Morgan fingerprint density at radius 3 is 2.24 bits per heavy atom. The molecule has 29 heavy (non-hydrogen) atoms. The van der Waals surface area contributed by atoms with Gasteiger partial charge in [-0.1, -0.05) is 11.8 Å². The van der Waals surface area contributed by atoms with Gasteiger partial charge in [0, 0.05) is 50.5 Å². The molecule has 2 fully saturated rings. The highest BCUT2D eigenvalue weighted by molar-refractivity contribution is 7.98. The Hall–Kier alpha value is -1.18. The van der Waals surface area contributed by atoms with Crippen LogP contribution in [0.25, 0.3) is 0 Å². The molecule has 2 aliphatic heterocycles. The maximum Gasteiger partial charge on any atom is 0.222 e. The van der Waals surface area contributed by atoms with Crippen molar-refractivity contribution in [3.63, 3.8) is 0 Å². The lowest BCUT2D eigenvalue weighted by molar-refractivity contribution is -0.132. The molecule has 0 aromatic carbocycles. The van der Waals surface area contributed by atoms with Gasteiger partial charge in [0.1, 0.15) is 0 Å². The van der Waals surface area contributed by atoms with Crippen molar-refractivity contribution >= 4 is 17.7 Å². The molecule has 1 aromatic rings. The molecular weight excluding hydrogens is 384 g/mol. The summed E-state index contributed by atoms with van der Waals surface area (Å²) in [6.45, 7) is 13.3. The van der Waals surface area contributed by atoms with Crippen LogP contribution >= 0.6 is 11.8 Å². The molecule has 0 saturated carbocycles. The first-order chi connectivity index (χ1) is 13.9. The minimum atomic E-state index is 0.268. The predicted molar refractivity (Wildman–Crippen MR) is 117 cm³/mol. The Balaban J connectivity index is 1.44. The Bertz CT molecular complexity index is 673. The quantitative estimate of drug-likeness (QED) is 0.521. The topological polar surface area (TPSA) is 58.6 Å². The number of hydrogen-bond acceptors (Lipinski definition) is 6. The van der Waals surface area contributed by atoms with Crippen LogP contribution < -0.4 is 0 Å². The number of ether oxygens (including phenoxy) is 1. The van der Waals surface area contributed by atoms with Crippen LogP contribution in [0, 0.1) is 19.8 Å². The molecule has 3 rings (SSSR count). The summed E-state index contributed by atoms with van der Waals surface area (Å²) < 4.78 is 5.84. The van der Waals surface area contributed by atoms with Crippen LogP contribution in [-0.2, 0) is 16.0 Å². The van der Waals surface area contributed by atoms with Crippen LogP contribution in [-0.4, -0.2) is 76.9 Å². The van der Waals surface area contributed by atoms with E-state index in [0.717, 1.165) is 74.1 Å². The van der Waals surface area contributed by atoms with Gasteiger partial charge in [-0.05, 0) is 64.7 Å². The molecule has 1 amide bonds. The highest BCUT2D eigenvalue weighted by Crippen LogP contribution is 2.22. The number of amides is 1. The minimum absolute atomic E-state index is 0.268. The lowest BCUT2D eigenvalue weighted by Gasteiger charge is -2.39. The van der Waals surface area contributed by atoms with Crippen molar-refractivity contribution in [2.24, 2.45) is 5.92 Å². The largest absolute Gasteiger partial charge is 0.373 e. The van der Waals surface area contributed by atoms with Crippen LogP contribution in [0.4, 0.5) is 0 Å². The maximum absolute atomic E-state index is 12.8. The number of hydrogen-bond donors (Lipinski definition) is 0. The first-order valence-electron chi connectivity index (χ1n) is 10.9. The number of thioether (sulfide) groups is 1. The monoisotopic (exact) mass is 420 g/mol. The van der Waals surface area contributed by atoms with Crippen LogP contribution in [0.2, 0.25) is 0 Å². The van der Waals surface area contributed by atoms with E-state index >= 15 is 0 Å². The maximum atomic E-state index is 12.8. The van der Waals surface area contributed by atoms with E-state index in [2.05, 4.69) is 33.6 Å². The summed E-state index contributed by atoms with van der Waals surface area (Å²) in [5, 5.41) is 0.807. The zero-order valence-electron chi connectivity index (χ0n) is 18.6. The molecule has 2 aliphatic rings. The molecule has 2 atom stereocenters. The molecular formula is C22H36N4O2S. The van der Waals surface area contributed by atoms with Gasteiger partial charge in [-0.3, -0.25) is 9.69 Å². The van der Waals surface area contributed by atoms with Gasteiger partial charge in [0.05, 0.1) is 12.2 Å². The van der Waals surface area contributed by atoms with E-state index in [-0.39, 0.29) is 5.91 Å². The Kier molecular flexibility index (Phi) is 7.93. The van der Waals surface area contributed by atoms with E-state index in [0.29, 0.717) is 24.5 Å². The van der Waals surface area contributed by atoms with Crippen molar-refractivity contribution in [1.82, 2.24) is 19.8 Å². The predicted octanol–water partition coefficient (Wildman–Crippen LogP) is 3.10. The number of carbonyl (C=O) groups excluding carboxylic acids is 1. The normalized spacial score (nSPS) is 24.1. The number of piperidine rings is 1. The molecule has 0 aliphatic carbocycles. The fourth-order valence-corrected chi connectivity index (χ4v) is 5.17. The average Bonchev–Trinajstić information content (AvgIpc) is 2.66. The third kappa shape index (κ3) is 6.15. The number of nitrogens with zero attached hydrogens (tertiary/aromatic N) is 4. The highest BCUT2D eigenvalue weighted by atomic mass is 32.2. The van der Waals surface area contributed by atoms with Gasteiger partial charge in [0.15, 0.2) is 5.16 Å². The molecule has 2 unspecified atom stereocenters. The van der Waals surface area contributed by atoms with Gasteiger partial charge in [-0.25, -0.2) is 9.97 Å². The summed E-state index contributed by atoms with van der Waals surface area (Å²) in [6, 6.07) is 0. The van der Waals surface area contributed by atoms with E-state index < -0.39 is 0 Å². The van der Waals surface area contributed by atoms with Crippen molar-refractivity contribution < 1.29 is 9.53 Å². The second-order valence-corrected chi connectivity index (χ2v) is 9.43. The smallest absolute Gasteiger partial charge is 0.222 e. The number of aromatic nitrogens is 2. The molecule has 6 nitrogen and oxygen atoms in total. The lowest BCUT2D eigenvalue weighted by atomic mass is 9.95. The number of aryl methyl sites for hydroxylation is 2. The standard InChI is InChI=1S/C22H36N4O2S/c1-15-12-25(13-16(2)28-15)14-19-8-10-26(11-9-19)21(27)7-6-20-17(3)23-22(29-5)24-18(20)4/h15-16,19H,6-14H2,1-5H3. The fraction of sp³-hybridized carbons (Fsp3) is 0.773. The molecule has 7 heteroatoms. The number of carbonyl (C=O) groups is 1. The van der Waals surface area contributed by atoms with Crippen molar-refractivity contribution in [3.05, 3.63) is 17.0 Å². The average molecular weight is 421 g/mol. The molecule has 1 aromatic heterocycles. The number of likely N-dealkylation sites (tertiary alicyclic amines) is 1. The van der Waals surface area contributed by atoms with Gasteiger partial charge < -0.3 is 9.64 Å². The second-order valence-electron chi connectivity index (χ2n) is 8.66. The van der Waals surface area contributed by atoms with Gasteiger partial charge in [0.25, 0.3) is 0 Å². The summed E-state index contributed by atoms with van der Waals surface area (Å²) >= 11 is 1.56. The molecule has 0 bridgehead atoms. The van der Waals surface area contributed by atoms with Crippen LogP contribution in [0.5, 0.6) is 0 Å². The van der Waals surface area contributed by atoms with Crippen molar-refractivity contribution in [2.75, 3.05) is 39.0 Å². The highest BCUT2D eigenvalue weighted by Gasteiger charge is 2.28. The van der Waals surface area contributed by atoms with E-state index in [1.54, 1.807) is 11.8 Å². The summed E-state index contributed by atoms with van der Waals surface area (Å²) in [7, 11) is 0. The van der Waals surface area contributed by atoms with Gasteiger partial charge in [0.2, 0.25) is 5.91 Å². The van der Waals surface area contributed by atoms with Gasteiger partial charge in [-0.2, -0.15) is 0 Å².